The zero-order chi connectivity index (χ0) is 18.4. The minimum absolute atomic E-state index is 0.335. The highest BCUT2D eigenvalue weighted by Gasteiger charge is 2.21. The third-order valence-corrected chi connectivity index (χ3v) is 5.29. The number of benzene rings is 2. The number of ether oxygens (including phenoxy) is 2. The number of rotatable bonds is 9. The Morgan fingerprint density at radius 1 is 1.19 bits per heavy atom. The molecular weight excluding hydrogens is 350 g/mol. The Balaban J connectivity index is 1.60. The number of anilines is 1. The molecule has 2 aromatic carbocycles. The van der Waals surface area contributed by atoms with E-state index in [1.54, 1.807) is 31.0 Å². The number of fused-ring (bicyclic) bond motifs is 1. The van der Waals surface area contributed by atoms with E-state index in [2.05, 4.69) is 17.0 Å². The number of hydrogen-bond acceptors (Lipinski definition) is 5. The van der Waals surface area contributed by atoms with Gasteiger partial charge < -0.3 is 19.5 Å². The fourth-order valence-electron chi connectivity index (χ4n) is 2.86. The number of unbranched alkanes of at least 4 members (excludes halogenated alkanes) is 1. The molecule has 6 heteroatoms. The zero-order valence-corrected chi connectivity index (χ0v) is 15.6. The fourth-order valence-corrected chi connectivity index (χ4v) is 3.94. The number of hydrogen-bond donors (Lipinski definition) is 1. The minimum atomic E-state index is -0.887. The van der Waals surface area contributed by atoms with Crippen molar-refractivity contribution in [1.82, 2.24) is 0 Å². The number of nitrogens with zero attached hydrogens (tertiary/aromatic N) is 1. The van der Waals surface area contributed by atoms with E-state index in [4.69, 9.17) is 14.6 Å². The van der Waals surface area contributed by atoms with Crippen LogP contribution in [0.2, 0.25) is 0 Å². The summed E-state index contributed by atoms with van der Waals surface area (Å²) < 4.78 is 10.9. The first kappa shape index (κ1) is 18.6. The quantitative estimate of drug-likeness (QED) is 0.663. The van der Waals surface area contributed by atoms with Gasteiger partial charge in [0.15, 0.2) is 0 Å². The smallest absolute Gasteiger partial charge is 0.335 e. The van der Waals surface area contributed by atoms with Crippen molar-refractivity contribution in [2.75, 3.05) is 31.1 Å². The maximum atomic E-state index is 11.1. The van der Waals surface area contributed by atoms with Crippen LogP contribution >= 0.6 is 11.8 Å². The van der Waals surface area contributed by atoms with Crippen LogP contribution in [0.25, 0.3) is 0 Å². The molecule has 1 heterocycles. The molecule has 3 rings (SSSR count). The molecule has 0 radical (unpaired) electrons. The van der Waals surface area contributed by atoms with Crippen molar-refractivity contribution in [3.8, 4) is 5.75 Å². The Kier molecular flexibility index (Phi) is 6.41. The van der Waals surface area contributed by atoms with E-state index < -0.39 is 5.97 Å². The van der Waals surface area contributed by atoms with Crippen molar-refractivity contribution in [1.29, 1.82) is 0 Å². The predicted octanol–water partition coefficient (Wildman–Crippen LogP) is 4.26. The van der Waals surface area contributed by atoms with Gasteiger partial charge in [-0.05, 0) is 48.7 Å². The van der Waals surface area contributed by atoms with Gasteiger partial charge in [-0.3, -0.25) is 0 Å². The summed E-state index contributed by atoms with van der Waals surface area (Å²) in [4.78, 5) is 14.4. The summed E-state index contributed by atoms with van der Waals surface area (Å²) >= 11 is 1.67. The zero-order valence-electron chi connectivity index (χ0n) is 14.8. The SMILES string of the molecule is COCCCCOc1cccc(CN2CSc3cc(C(=O)O)ccc32)c1. The van der Waals surface area contributed by atoms with Crippen LogP contribution < -0.4 is 9.64 Å². The van der Waals surface area contributed by atoms with Gasteiger partial charge in [0, 0.05) is 25.2 Å². The van der Waals surface area contributed by atoms with Gasteiger partial charge in [0.25, 0.3) is 0 Å². The van der Waals surface area contributed by atoms with Gasteiger partial charge in [-0.15, -0.1) is 11.8 Å². The molecule has 5 nitrogen and oxygen atoms in total. The second kappa shape index (κ2) is 8.96. The number of carbonyl (C=O) groups is 1. The summed E-state index contributed by atoms with van der Waals surface area (Å²) in [5.41, 5.74) is 2.60. The second-order valence-electron chi connectivity index (χ2n) is 6.15. The van der Waals surface area contributed by atoms with Crippen molar-refractivity contribution >= 4 is 23.4 Å². The molecule has 26 heavy (non-hydrogen) atoms. The molecule has 0 aliphatic carbocycles. The lowest BCUT2D eigenvalue weighted by atomic mass is 10.1. The molecule has 0 spiro atoms. The molecule has 0 bridgehead atoms. The fraction of sp³-hybridized carbons (Fsp3) is 0.350. The summed E-state index contributed by atoms with van der Waals surface area (Å²) in [5, 5.41) is 9.12. The predicted molar refractivity (Wildman–Crippen MR) is 103 cm³/mol. The van der Waals surface area contributed by atoms with Gasteiger partial charge in [0.2, 0.25) is 0 Å². The maximum Gasteiger partial charge on any atom is 0.335 e. The monoisotopic (exact) mass is 373 g/mol. The summed E-state index contributed by atoms with van der Waals surface area (Å²) in [6.07, 6.45) is 1.97. The molecule has 0 saturated heterocycles. The Labute approximate surface area is 157 Å². The lowest BCUT2D eigenvalue weighted by Gasteiger charge is -2.19. The molecule has 0 amide bonds. The minimum Gasteiger partial charge on any atom is -0.494 e. The van der Waals surface area contributed by atoms with E-state index in [-0.39, 0.29) is 0 Å². The van der Waals surface area contributed by atoms with Crippen LogP contribution in [0.5, 0.6) is 5.75 Å². The van der Waals surface area contributed by atoms with Crippen molar-refractivity contribution in [2.24, 2.45) is 0 Å². The Hall–Kier alpha value is -2.18. The standard InChI is InChI=1S/C20H23NO4S/c1-24-9-2-3-10-25-17-6-4-5-15(11-17)13-21-14-26-19-12-16(20(22)23)7-8-18(19)21/h4-8,11-12H,2-3,9-10,13-14H2,1H3,(H,22,23). The molecule has 138 valence electrons. The molecule has 0 unspecified atom stereocenters. The van der Waals surface area contributed by atoms with E-state index in [9.17, 15) is 4.79 Å². The number of thioether (sulfide) groups is 1. The molecule has 0 atom stereocenters. The number of methoxy groups -OCH3 is 1. The highest BCUT2D eigenvalue weighted by Crippen LogP contribution is 2.39. The average Bonchev–Trinajstić information content (AvgIpc) is 3.04. The summed E-state index contributed by atoms with van der Waals surface area (Å²) in [6, 6.07) is 13.5. The molecule has 0 saturated carbocycles. The van der Waals surface area contributed by atoms with Gasteiger partial charge in [-0.2, -0.15) is 0 Å². The van der Waals surface area contributed by atoms with Crippen molar-refractivity contribution in [3.05, 3.63) is 53.6 Å². The first-order chi connectivity index (χ1) is 12.7. The number of carboxylic acid groups (broad SMARTS) is 1. The van der Waals surface area contributed by atoms with Crippen molar-refractivity contribution in [2.45, 2.75) is 24.3 Å². The molecule has 1 aliphatic rings. The van der Waals surface area contributed by atoms with Crippen molar-refractivity contribution < 1.29 is 19.4 Å². The topological polar surface area (TPSA) is 59.0 Å². The third kappa shape index (κ3) is 4.71. The van der Waals surface area contributed by atoms with E-state index in [1.807, 2.05) is 18.2 Å². The molecule has 2 aromatic rings. The normalized spacial score (nSPS) is 12.9. The van der Waals surface area contributed by atoms with E-state index in [0.717, 1.165) is 48.2 Å². The summed E-state index contributed by atoms with van der Waals surface area (Å²) in [5.74, 6) is 0.816. The maximum absolute atomic E-state index is 11.1. The van der Waals surface area contributed by atoms with Crippen LogP contribution in [0.1, 0.15) is 28.8 Å². The molecule has 0 fully saturated rings. The number of aromatic carboxylic acids is 1. The van der Waals surface area contributed by atoms with Gasteiger partial charge in [-0.1, -0.05) is 12.1 Å². The number of carboxylic acids is 1. The molecule has 0 aromatic heterocycles. The Bertz CT molecular complexity index is 765. The van der Waals surface area contributed by atoms with Crippen LogP contribution in [-0.2, 0) is 11.3 Å². The first-order valence-corrected chi connectivity index (χ1v) is 9.61. The lowest BCUT2D eigenvalue weighted by Crippen LogP contribution is -2.18. The summed E-state index contributed by atoms with van der Waals surface area (Å²) in [6.45, 7) is 2.22. The second-order valence-corrected chi connectivity index (χ2v) is 7.14. The van der Waals surface area contributed by atoms with Crippen LogP contribution in [0.4, 0.5) is 5.69 Å². The van der Waals surface area contributed by atoms with Crippen molar-refractivity contribution in [3.63, 3.8) is 0 Å². The van der Waals surface area contributed by atoms with Gasteiger partial charge >= 0.3 is 5.97 Å². The van der Waals surface area contributed by atoms with Gasteiger partial charge in [0.05, 0.1) is 23.7 Å². The molecular formula is C20H23NO4S. The Morgan fingerprint density at radius 2 is 2.04 bits per heavy atom. The highest BCUT2D eigenvalue weighted by atomic mass is 32.2. The van der Waals surface area contributed by atoms with E-state index in [0.29, 0.717) is 12.2 Å². The lowest BCUT2D eigenvalue weighted by molar-refractivity contribution is 0.0696. The highest BCUT2D eigenvalue weighted by molar-refractivity contribution is 7.99. The van der Waals surface area contributed by atoms with Crippen LogP contribution in [0.3, 0.4) is 0 Å². The van der Waals surface area contributed by atoms with Crippen LogP contribution in [0.15, 0.2) is 47.4 Å². The largest absolute Gasteiger partial charge is 0.494 e. The van der Waals surface area contributed by atoms with E-state index in [1.165, 1.54) is 5.56 Å². The van der Waals surface area contributed by atoms with Crippen LogP contribution in [0, 0.1) is 0 Å². The molecule has 1 aliphatic heterocycles. The third-order valence-electron chi connectivity index (χ3n) is 4.21. The molecule has 1 N–H and O–H groups in total. The first-order valence-electron chi connectivity index (χ1n) is 8.63. The summed E-state index contributed by atoms with van der Waals surface area (Å²) in [7, 11) is 1.71. The van der Waals surface area contributed by atoms with E-state index >= 15 is 0 Å². The van der Waals surface area contributed by atoms with Gasteiger partial charge in [-0.25, -0.2) is 4.79 Å². The average molecular weight is 373 g/mol. The van der Waals surface area contributed by atoms with Crippen LogP contribution in [-0.4, -0.2) is 37.3 Å². The van der Waals surface area contributed by atoms with Gasteiger partial charge in [0.1, 0.15) is 5.75 Å². The Morgan fingerprint density at radius 3 is 2.85 bits per heavy atom.